The van der Waals surface area contributed by atoms with Gasteiger partial charge in [-0.2, -0.15) is 5.26 Å². The molecule has 0 saturated carbocycles. The predicted molar refractivity (Wildman–Crippen MR) is 184 cm³/mol. The van der Waals surface area contributed by atoms with Gasteiger partial charge in [0.25, 0.3) is 0 Å². The van der Waals surface area contributed by atoms with Gasteiger partial charge in [0.2, 0.25) is 0 Å². The molecule has 0 radical (unpaired) electrons. The number of anilines is 3. The molecule has 0 aliphatic carbocycles. The maximum Gasteiger partial charge on any atom is 0.0991 e. The van der Waals surface area contributed by atoms with Gasteiger partial charge in [0.15, 0.2) is 0 Å². The normalized spacial score (nSPS) is 11.5. The van der Waals surface area contributed by atoms with Crippen molar-refractivity contribution in [2.24, 2.45) is 0 Å². The number of nitriles is 1. The Morgan fingerprint density at radius 3 is 1.91 bits per heavy atom. The Bertz CT molecular complexity index is 2310. The summed E-state index contributed by atoms with van der Waals surface area (Å²) < 4.78 is 2.38. The van der Waals surface area contributed by atoms with Gasteiger partial charge in [0.1, 0.15) is 0 Å². The second-order valence-corrected chi connectivity index (χ2v) is 11.0. The fraction of sp³-hybridized carbons (Fsp3) is 0. The van der Waals surface area contributed by atoms with E-state index in [0.717, 1.165) is 22.6 Å². The minimum atomic E-state index is 0.648. The summed E-state index contributed by atoms with van der Waals surface area (Å²) in [6, 6.07) is 55.0. The molecule has 206 valence electrons. The van der Waals surface area contributed by atoms with Crippen LogP contribution in [0, 0.1) is 11.3 Å². The highest BCUT2D eigenvalue weighted by atomic mass is 15.1. The van der Waals surface area contributed by atoms with Crippen molar-refractivity contribution >= 4 is 61.8 Å². The SMILES string of the molecule is N#Cc1ccc(N(c2ccccc2)c2ccc(C=Cc3ccc4c5c3ccc3cccc(c35)n4-c3ccccc3)cc2)cc1. The molecule has 0 unspecified atom stereocenters. The van der Waals surface area contributed by atoms with Gasteiger partial charge < -0.3 is 9.47 Å². The smallest absolute Gasteiger partial charge is 0.0991 e. The first-order valence-electron chi connectivity index (χ1n) is 14.8. The van der Waals surface area contributed by atoms with Crippen LogP contribution in [-0.2, 0) is 0 Å². The molecule has 44 heavy (non-hydrogen) atoms. The van der Waals surface area contributed by atoms with Crippen LogP contribution < -0.4 is 4.90 Å². The summed E-state index contributed by atoms with van der Waals surface area (Å²) in [6.07, 6.45) is 4.42. The molecule has 0 atom stereocenters. The first-order valence-corrected chi connectivity index (χ1v) is 14.8. The van der Waals surface area contributed by atoms with Crippen LogP contribution in [0.1, 0.15) is 16.7 Å². The van der Waals surface area contributed by atoms with E-state index >= 15 is 0 Å². The summed E-state index contributed by atoms with van der Waals surface area (Å²) in [5, 5.41) is 14.4. The fourth-order valence-electron chi connectivity index (χ4n) is 6.34. The highest BCUT2D eigenvalue weighted by Gasteiger charge is 2.17. The van der Waals surface area contributed by atoms with Crippen molar-refractivity contribution in [2.45, 2.75) is 0 Å². The highest BCUT2D eigenvalue weighted by molar-refractivity contribution is 6.25. The summed E-state index contributed by atoms with van der Waals surface area (Å²) in [7, 11) is 0. The predicted octanol–water partition coefficient (Wildman–Crippen LogP) is 10.9. The summed E-state index contributed by atoms with van der Waals surface area (Å²) >= 11 is 0. The lowest BCUT2D eigenvalue weighted by Gasteiger charge is -2.25. The van der Waals surface area contributed by atoms with Crippen molar-refractivity contribution in [1.29, 1.82) is 5.26 Å². The van der Waals surface area contributed by atoms with Gasteiger partial charge >= 0.3 is 0 Å². The Hall–Kier alpha value is -6.11. The number of hydrogen-bond acceptors (Lipinski definition) is 2. The van der Waals surface area contributed by atoms with Gasteiger partial charge in [0, 0.05) is 33.5 Å². The van der Waals surface area contributed by atoms with E-state index in [1.54, 1.807) is 0 Å². The lowest BCUT2D eigenvalue weighted by atomic mass is 9.98. The summed E-state index contributed by atoms with van der Waals surface area (Å²) in [4.78, 5) is 2.21. The molecule has 0 amide bonds. The maximum absolute atomic E-state index is 9.27. The lowest BCUT2D eigenvalue weighted by molar-refractivity contribution is 1.18. The molecule has 0 N–H and O–H groups in total. The second kappa shape index (κ2) is 10.6. The Morgan fingerprint density at radius 2 is 1.18 bits per heavy atom. The monoisotopic (exact) mass is 561 g/mol. The van der Waals surface area contributed by atoms with Crippen LogP contribution in [0.4, 0.5) is 17.1 Å². The zero-order chi connectivity index (χ0) is 29.5. The largest absolute Gasteiger partial charge is 0.311 e. The Balaban J connectivity index is 1.17. The molecule has 0 spiro atoms. The van der Waals surface area contributed by atoms with E-state index in [0.29, 0.717) is 5.56 Å². The third-order valence-electron chi connectivity index (χ3n) is 8.38. The minimum absolute atomic E-state index is 0.648. The summed E-state index contributed by atoms with van der Waals surface area (Å²) in [5.41, 5.74) is 9.73. The minimum Gasteiger partial charge on any atom is -0.311 e. The second-order valence-electron chi connectivity index (χ2n) is 11.0. The first kappa shape index (κ1) is 25.6. The van der Waals surface area contributed by atoms with E-state index < -0.39 is 0 Å². The summed E-state index contributed by atoms with van der Waals surface area (Å²) in [5.74, 6) is 0. The van der Waals surface area contributed by atoms with Crippen LogP contribution in [0.25, 0.3) is 50.4 Å². The first-order chi connectivity index (χ1) is 21.8. The molecule has 8 aromatic rings. The highest BCUT2D eigenvalue weighted by Crippen LogP contribution is 2.40. The van der Waals surface area contributed by atoms with Gasteiger partial charge in [-0.15, -0.1) is 0 Å². The van der Waals surface area contributed by atoms with Gasteiger partial charge in [0.05, 0.1) is 22.7 Å². The summed E-state index contributed by atoms with van der Waals surface area (Å²) in [6.45, 7) is 0. The van der Waals surface area contributed by atoms with E-state index in [-0.39, 0.29) is 0 Å². The topological polar surface area (TPSA) is 32.0 Å². The zero-order valence-electron chi connectivity index (χ0n) is 23.9. The van der Waals surface area contributed by atoms with Crippen LogP contribution >= 0.6 is 0 Å². The van der Waals surface area contributed by atoms with E-state index in [1.807, 2.05) is 42.5 Å². The number of benzene rings is 7. The number of rotatable bonds is 6. The molecular formula is C41H27N3. The Labute approximate surface area is 256 Å². The van der Waals surface area contributed by atoms with E-state index in [1.165, 1.54) is 43.8 Å². The zero-order valence-corrected chi connectivity index (χ0v) is 23.9. The van der Waals surface area contributed by atoms with Crippen LogP contribution in [0.5, 0.6) is 0 Å². The number of para-hydroxylation sites is 2. The molecule has 0 aliphatic heterocycles. The maximum atomic E-state index is 9.27. The molecule has 8 rings (SSSR count). The van der Waals surface area contributed by atoms with Crippen LogP contribution in [0.2, 0.25) is 0 Å². The van der Waals surface area contributed by atoms with Crippen LogP contribution in [-0.4, -0.2) is 4.57 Å². The quantitative estimate of drug-likeness (QED) is 0.149. The van der Waals surface area contributed by atoms with E-state index in [2.05, 4.69) is 137 Å². The van der Waals surface area contributed by atoms with E-state index in [9.17, 15) is 5.26 Å². The molecule has 0 saturated heterocycles. The van der Waals surface area contributed by atoms with Crippen molar-refractivity contribution in [3.05, 3.63) is 168 Å². The van der Waals surface area contributed by atoms with Gasteiger partial charge in [-0.3, -0.25) is 0 Å². The van der Waals surface area contributed by atoms with Crippen molar-refractivity contribution in [2.75, 3.05) is 4.90 Å². The standard InChI is InChI=1S/C41H27N3/c42-28-30-17-24-36(25-18-30)43(33-9-3-1-4-10-33)35-22-15-29(16-23-35)14-19-31-21-27-39-41-37(31)26-20-32-8-7-13-38(40(32)41)44(39)34-11-5-2-6-12-34/h1-27H. The molecule has 3 heteroatoms. The van der Waals surface area contributed by atoms with Gasteiger partial charge in [-0.05, 0) is 94.7 Å². The molecule has 1 aromatic heterocycles. The Morgan fingerprint density at radius 1 is 0.523 bits per heavy atom. The Kier molecular flexibility index (Phi) is 6.18. The third-order valence-corrected chi connectivity index (χ3v) is 8.38. The van der Waals surface area contributed by atoms with Crippen LogP contribution in [0.15, 0.2) is 152 Å². The molecule has 3 nitrogen and oxygen atoms in total. The third kappa shape index (κ3) is 4.29. The van der Waals surface area contributed by atoms with Crippen LogP contribution in [0.3, 0.4) is 0 Å². The fourth-order valence-corrected chi connectivity index (χ4v) is 6.34. The molecule has 0 fully saturated rings. The number of hydrogen-bond donors (Lipinski definition) is 0. The number of aromatic nitrogens is 1. The molecular weight excluding hydrogens is 534 g/mol. The molecule has 1 heterocycles. The average Bonchev–Trinajstić information content (AvgIpc) is 3.44. The number of nitrogens with zero attached hydrogens (tertiary/aromatic N) is 3. The molecule has 0 bridgehead atoms. The van der Waals surface area contributed by atoms with Crippen molar-refractivity contribution in [1.82, 2.24) is 4.57 Å². The van der Waals surface area contributed by atoms with Crippen molar-refractivity contribution in [3.8, 4) is 11.8 Å². The molecule has 0 aliphatic rings. The van der Waals surface area contributed by atoms with Gasteiger partial charge in [-0.1, -0.05) is 91.0 Å². The van der Waals surface area contributed by atoms with Crippen molar-refractivity contribution < 1.29 is 0 Å². The average molecular weight is 562 g/mol. The van der Waals surface area contributed by atoms with E-state index in [4.69, 9.17) is 0 Å². The molecule has 7 aromatic carbocycles. The van der Waals surface area contributed by atoms with Crippen molar-refractivity contribution in [3.63, 3.8) is 0 Å². The van der Waals surface area contributed by atoms with Gasteiger partial charge in [-0.25, -0.2) is 0 Å². The lowest BCUT2D eigenvalue weighted by Crippen LogP contribution is -2.09.